The highest BCUT2D eigenvalue weighted by Gasteiger charge is 2.31. The minimum Gasteiger partial charge on any atom is -0.481 e. The van der Waals surface area contributed by atoms with Gasteiger partial charge in [0, 0.05) is 6.04 Å². The SMILES string of the molecule is CCC(NC(=O)OC(C)(C)C)[C@H]1CC[C@H](C(=O)O)CC1. The summed E-state index contributed by atoms with van der Waals surface area (Å²) in [5.41, 5.74) is -0.497. The van der Waals surface area contributed by atoms with Crippen LogP contribution in [0, 0.1) is 11.8 Å². The summed E-state index contributed by atoms with van der Waals surface area (Å²) in [6.07, 6.45) is 3.56. The first kappa shape index (κ1) is 16.8. The summed E-state index contributed by atoms with van der Waals surface area (Å²) in [6.45, 7) is 7.55. The van der Waals surface area contributed by atoms with E-state index in [-0.39, 0.29) is 18.1 Å². The van der Waals surface area contributed by atoms with Crippen molar-refractivity contribution < 1.29 is 19.4 Å². The molecule has 1 aliphatic rings. The quantitative estimate of drug-likeness (QED) is 0.831. The first-order valence-corrected chi connectivity index (χ1v) is 7.45. The van der Waals surface area contributed by atoms with Gasteiger partial charge in [-0.25, -0.2) is 4.79 Å². The summed E-state index contributed by atoms with van der Waals surface area (Å²) >= 11 is 0. The maximum Gasteiger partial charge on any atom is 0.407 e. The van der Waals surface area contributed by atoms with Gasteiger partial charge >= 0.3 is 12.1 Å². The van der Waals surface area contributed by atoms with Crippen LogP contribution in [-0.4, -0.2) is 28.8 Å². The zero-order valence-corrected chi connectivity index (χ0v) is 12.9. The van der Waals surface area contributed by atoms with Crippen LogP contribution in [0.5, 0.6) is 0 Å². The van der Waals surface area contributed by atoms with Crippen LogP contribution in [0.3, 0.4) is 0 Å². The molecule has 0 aromatic rings. The zero-order chi connectivity index (χ0) is 15.3. The fraction of sp³-hybridized carbons (Fsp3) is 0.867. The van der Waals surface area contributed by atoms with Crippen molar-refractivity contribution in [3.8, 4) is 0 Å². The molecule has 0 saturated heterocycles. The van der Waals surface area contributed by atoms with Gasteiger partial charge in [-0.1, -0.05) is 6.92 Å². The fourth-order valence-corrected chi connectivity index (χ4v) is 2.78. The molecule has 1 atom stereocenters. The molecule has 1 aliphatic carbocycles. The topological polar surface area (TPSA) is 75.6 Å². The van der Waals surface area contributed by atoms with Gasteiger partial charge in [0.2, 0.25) is 0 Å². The van der Waals surface area contributed by atoms with Crippen LogP contribution in [0.4, 0.5) is 4.79 Å². The Morgan fingerprint density at radius 3 is 2.20 bits per heavy atom. The van der Waals surface area contributed by atoms with Crippen LogP contribution in [-0.2, 0) is 9.53 Å². The van der Waals surface area contributed by atoms with Gasteiger partial charge in [0.05, 0.1) is 5.92 Å². The minimum absolute atomic E-state index is 0.0691. The average Bonchev–Trinajstić information content (AvgIpc) is 2.34. The van der Waals surface area contributed by atoms with Gasteiger partial charge in [-0.2, -0.15) is 0 Å². The monoisotopic (exact) mass is 285 g/mol. The Hall–Kier alpha value is -1.26. The molecule has 1 amide bonds. The number of rotatable bonds is 4. The van der Waals surface area contributed by atoms with Crippen LogP contribution < -0.4 is 5.32 Å². The smallest absolute Gasteiger partial charge is 0.407 e. The second-order valence-electron chi connectivity index (χ2n) is 6.61. The van der Waals surface area contributed by atoms with E-state index in [4.69, 9.17) is 9.84 Å². The molecule has 1 saturated carbocycles. The van der Waals surface area contributed by atoms with Crippen molar-refractivity contribution in [3.05, 3.63) is 0 Å². The Morgan fingerprint density at radius 1 is 1.25 bits per heavy atom. The van der Waals surface area contributed by atoms with E-state index in [1.165, 1.54) is 0 Å². The highest BCUT2D eigenvalue weighted by atomic mass is 16.6. The Bertz CT molecular complexity index is 340. The standard InChI is InChI=1S/C15H27NO4/c1-5-12(16-14(19)20-15(2,3)4)10-6-8-11(9-7-10)13(17)18/h10-12H,5-9H2,1-4H3,(H,16,19)(H,17,18)/t10-,11-,12?. The van der Waals surface area contributed by atoms with Crippen LogP contribution in [0.1, 0.15) is 59.8 Å². The van der Waals surface area contributed by atoms with E-state index < -0.39 is 11.6 Å². The molecule has 20 heavy (non-hydrogen) atoms. The Balaban J connectivity index is 2.47. The number of hydrogen-bond donors (Lipinski definition) is 2. The molecule has 0 radical (unpaired) electrons. The van der Waals surface area contributed by atoms with Gasteiger partial charge in [0.1, 0.15) is 5.60 Å². The van der Waals surface area contributed by atoms with Crippen molar-refractivity contribution in [3.63, 3.8) is 0 Å². The van der Waals surface area contributed by atoms with Gasteiger partial charge in [0.15, 0.2) is 0 Å². The zero-order valence-electron chi connectivity index (χ0n) is 12.9. The van der Waals surface area contributed by atoms with E-state index in [9.17, 15) is 9.59 Å². The van der Waals surface area contributed by atoms with Crippen LogP contribution in [0.15, 0.2) is 0 Å². The second kappa shape index (κ2) is 6.95. The number of carboxylic acids is 1. The van der Waals surface area contributed by atoms with Gasteiger partial charge in [-0.3, -0.25) is 4.79 Å². The van der Waals surface area contributed by atoms with Gasteiger partial charge in [-0.05, 0) is 58.8 Å². The molecular weight excluding hydrogens is 258 g/mol. The molecule has 0 heterocycles. The second-order valence-corrected chi connectivity index (χ2v) is 6.61. The molecule has 0 aromatic heterocycles. The summed E-state index contributed by atoms with van der Waals surface area (Å²) in [5.74, 6) is -0.565. The molecule has 0 spiro atoms. The predicted octanol–water partition coefficient (Wildman–Crippen LogP) is 3.18. The summed E-state index contributed by atoms with van der Waals surface area (Å²) in [7, 11) is 0. The number of nitrogens with one attached hydrogen (secondary N) is 1. The first-order chi connectivity index (χ1) is 9.23. The highest BCUT2D eigenvalue weighted by molar-refractivity contribution is 5.70. The molecule has 0 aliphatic heterocycles. The van der Waals surface area contributed by atoms with Crippen molar-refractivity contribution in [1.82, 2.24) is 5.32 Å². The normalized spacial score (nSPS) is 24.8. The molecule has 1 rings (SSSR count). The number of carboxylic acid groups (broad SMARTS) is 1. The number of aliphatic carboxylic acids is 1. The first-order valence-electron chi connectivity index (χ1n) is 7.45. The number of carbonyl (C=O) groups excluding carboxylic acids is 1. The Kier molecular flexibility index (Phi) is 5.84. The van der Waals surface area contributed by atoms with Crippen molar-refractivity contribution >= 4 is 12.1 Å². The van der Waals surface area contributed by atoms with E-state index >= 15 is 0 Å². The molecule has 5 heteroatoms. The molecule has 1 fully saturated rings. The lowest BCUT2D eigenvalue weighted by atomic mass is 9.78. The minimum atomic E-state index is -0.698. The van der Waals surface area contributed by atoms with E-state index in [0.717, 1.165) is 19.3 Å². The number of hydrogen-bond acceptors (Lipinski definition) is 3. The van der Waals surface area contributed by atoms with Crippen molar-refractivity contribution in [1.29, 1.82) is 0 Å². The molecule has 116 valence electrons. The molecular formula is C15H27NO4. The van der Waals surface area contributed by atoms with Crippen molar-refractivity contribution in [2.45, 2.75) is 71.4 Å². The highest BCUT2D eigenvalue weighted by Crippen LogP contribution is 2.32. The van der Waals surface area contributed by atoms with Crippen LogP contribution in [0.2, 0.25) is 0 Å². The van der Waals surface area contributed by atoms with E-state index in [2.05, 4.69) is 5.32 Å². The maximum absolute atomic E-state index is 11.8. The van der Waals surface area contributed by atoms with E-state index in [1.54, 1.807) is 0 Å². The number of carbonyl (C=O) groups is 2. The third kappa shape index (κ3) is 5.39. The summed E-state index contributed by atoms with van der Waals surface area (Å²) in [5, 5.41) is 11.9. The molecule has 0 aromatic carbocycles. The molecule has 0 bridgehead atoms. The lowest BCUT2D eigenvalue weighted by molar-refractivity contribution is -0.143. The van der Waals surface area contributed by atoms with Crippen molar-refractivity contribution in [2.75, 3.05) is 0 Å². The van der Waals surface area contributed by atoms with E-state index in [1.807, 2.05) is 27.7 Å². The van der Waals surface area contributed by atoms with Gasteiger partial charge < -0.3 is 15.2 Å². The average molecular weight is 285 g/mol. The van der Waals surface area contributed by atoms with Crippen molar-refractivity contribution in [2.24, 2.45) is 11.8 Å². The molecule has 1 unspecified atom stereocenters. The summed E-state index contributed by atoms with van der Waals surface area (Å²) < 4.78 is 5.28. The molecule has 2 N–H and O–H groups in total. The Labute approximate surface area is 121 Å². The summed E-state index contributed by atoms with van der Waals surface area (Å²) in [6, 6.07) is 0.0691. The van der Waals surface area contributed by atoms with Crippen LogP contribution >= 0.6 is 0 Å². The Morgan fingerprint density at radius 2 is 1.80 bits per heavy atom. The number of alkyl carbamates (subject to hydrolysis) is 1. The third-order valence-electron chi connectivity index (χ3n) is 3.83. The van der Waals surface area contributed by atoms with E-state index in [0.29, 0.717) is 18.8 Å². The third-order valence-corrected chi connectivity index (χ3v) is 3.83. The predicted molar refractivity (Wildman–Crippen MR) is 76.5 cm³/mol. The lowest BCUT2D eigenvalue weighted by Crippen LogP contribution is -2.44. The maximum atomic E-state index is 11.8. The van der Waals surface area contributed by atoms with Crippen LogP contribution in [0.25, 0.3) is 0 Å². The number of ether oxygens (including phenoxy) is 1. The van der Waals surface area contributed by atoms with Gasteiger partial charge in [0.25, 0.3) is 0 Å². The summed E-state index contributed by atoms with van der Waals surface area (Å²) in [4.78, 5) is 22.8. The van der Waals surface area contributed by atoms with Gasteiger partial charge in [-0.15, -0.1) is 0 Å². The lowest BCUT2D eigenvalue weighted by Gasteiger charge is -2.33. The molecule has 5 nitrogen and oxygen atoms in total. The number of amides is 1. The largest absolute Gasteiger partial charge is 0.481 e. The fourth-order valence-electron chi connectivity index (χ4n) is 2.78.